The van der Waals surface area contributed by atoms with E-state index >= 15 is 0 Å². The van der Waals surface area contributed by atoms with Gasteiger partial charge in [0, 0.05) is 32.7 Å². The van der Waals surface area contributed by atoms with Crippen LogP contribution in [0.3, 0.4) is 0 Å². The molecule has 0 aliphatic heterocycles. The first-order chi connectivity index (χ1) is 59.6. The van der Waals surface area contributed by atoms with Gasteiger partial charge in [-0.3, -0.25) is 0 Å². The SMILES string of the molecule is CC1CCC(C)CC1.CC1CCC(C2CCC(C)CC2)CC1.CC1CCC(c2ccc(-c3ccc(C4CC[CH-]CC4)cc3)cc2)CC1.Cc1ccc(-c2ccc(C)cc2)cc1.Cc1ccc(-c2ccc(C3CCC(C)CC3)cc2)cc1.Cc1ccc(C)cc1.Cc1ccc(C2CCC(C)CC2)cc1.Cc1ccc(C2CCC(C3CCC(C)CC3)CC2)cc1.[Y]. The molecule has 0 heterocycles. The van der Waals surface area contributed by atoms with E-state index in [9.17, 15) is 0 Å². The first kappa shape index (κ1) is 100. The third-order valence-electron chi connectivity index (χ3n) is 31.7. The number of aryl methyl sites for hydroxylation is 7. The minimum Gasteiger partial charge on any atom is -0.328 e. The Bertz CT molecular complexity index is 4170. The van der Waals surface area contributed by atoms with Crippen LogP contribution < -0.4 is 0 Å². The summed E-state index contributed by atoms with van der Waals surface area (Å²) < 4.78 is 0. The van der Waals surface area contributed by atoms with Crippen LogP contribution in [0.4, 0.5) is 0 Å². The van der Waals surface area contributed by atoms with Crippen LogP contribution in [0, 0.1) is 126 Å². The number of rotatable bonds is 10. The van der Waals surface area contributed by atoms with Gasteiger partial charge in [0.05, 0.1) is 0 Å². The van der Waals surface area contributed by atoms with Gasteiger partial charge in [-0.25, -0.2) is 0 Å². The maximum atomic E-state index is 2.44. The van der Waals surface area contributed by atoms with Gasteiger partial charge in [0.15, 0.2) is 0 Å². The van der Waals surface area contributed by atoms with E-state index in [0.717, 1.165) is 101 Å². The Kier molecular flexibility index (Phi) is 43.1. The molecule has 1 radical (unpaired) electrons. The first-order valence-electron chi connectivity index (χ1n) is 51.1. The molecule has 667 valence electrons. The molecule has 0 spiro atoms. The molecule has 1 heteroatoms. The third kappa shape index (κ3) is 34.2. The van der Waals surface area contributed by atoms with Crippen molar-refractivity contribution in [3.8, 4) is 33.4 Å². The van der Waals surface area contributed by atoms with E-state index in [1.165, 1.54) is 289 Å². The fourth-order valence-electron chi connectivity index (χ4n) is 22.1. The van der Waals surface area contributed by atoms with Gasteiger partial charge in [-0.05, 0) is 313 Å². The monoisotopic (exact) mass is 1740 g/mol. The Morgan fingerprint density at radius 3 is 0.468 bits per heavy atom. The van der Waals surface area contributed by atoms with E-state index in [1.54, 1.807) is 42.4 Å². The molecule has 0 N–H and O–H groups in total. The van der Waals surface area contributed by atoms with E-state index in [0.29, 0.717) is 0 Å². The summed E-state index contributed by atoms with van der Waals surface area (Å²) in [5.41, 5.74) is 25.1. The van der Waals surface area contributed by atoms with Crippen LogP contribution >= 0.6 is 0 Å². The van der Waals surface area contributed by atoms with Crippen molar-refractivity contribution in [3.05, 3.63) is 292 Å². The van der Waals surface area contributed by atoms with Gasteiger partial charge >= 0.3 is 0 Å². The minimum atomic E-state index is 0. The van der Waals surface area contributed by atoms with Crippen molar-refractivity contribution in [2.24, 2.45) is 71.0 Å². The van der Waals surface area contributed by atoms with Gasteiger partial charge in [-0.15, -0.1) is 0 Å². The van der Waals surface area contributed by atoms with Crippen molar-refractivity contribution in [2.75, 3.05) is 0 Å². The summed E-state index contributed by atoms with van der Waals surface area (Å²) in [5.74, 6) is 16.2. The van der Waals surface area contributed by atoms with Crippen LogP contribution in [0.1, 0.15) is 383 Å². The zero-order valence-corrected chi connectivity index (χ0v) is 84.0. The summed E-state index contributed by atoms with van der Waals surface area (Å²) in [6.45, 7) is 34.1. The quantitative estimate of drug-likeness (QED) is 0.120. The largest absolute Gasteiger partial charge is 0.328 e. The summed E-state index contributed by atoms with van der Waals surface area (Å²) in [4.78, 5) is 0. The average Bonchev–Trinajstić information content (AvgIpc) is 0.825. The normalized spacial score (nSPS) is 26.8. The van der Waals surface area contributed by atoms with Crippen LogP contribution in [0.2, 0.25) is 0 Å². The van der Waals surface area contributed by atoms with Crippen molar-refractivity contribution in [3.63, 3.8) is 0 Å². The van der Waals surface area contributed by atoms with Crippen molar-refractivity contribution in [2.45, 2.75) is 365 Å². The van der Waals surface area contributed by atoms with E-state index in [-0.39, 0.29) is 32.7 Å². The average molecular weight is 1740 g/mol. The minimum absolute atomic E-state index is 0. The molecule has 9 aliphatic carbocycles. The Labute approximate surface area is 786 Å². The van der Waals surface area contributed by atoms with Gasteiger partial charge in [0.25, 0.3) is 0 Å². The summed E-state index contributed by atoms with van der Waals surface area (Å²) in [6, 6.07) is 81.0. The van der Waals surface area contributed by atoms with Crippen molar-refractivity contribution >= 4 is 0 Å². The molecule has 0 amide bonds. The molecule has 0 nitrogen and oxygen atoms in total. The number of hydrogen-bond donors (Lipinski definition) is 0. The molecule has 0 aromatic heterocycles. The molecular weight excluding hydrogens is 1570 g/mol. The second-order valence-electron chi connectivity index (χ2n) is 42.5. The second kappa shape index (κ2) is 53.3. The smallest absolute Gasteiger partial charge is 0 e. The van der Waals surface area contributed by atoms with E-state index < -0.39 is 0 Å². The van der Waals surface area contributed by atoms with Crippen molar-refractivity contribution in [1.82, 2.24) is 0 Å². The molecule has 0 unspecified atom stereocenters. The molecular formula is C123H171Y-. The Hall–Kier alpha value is -5.92. The first-order valence-corrected chi connectivity index (χ1v) is 51.1. The molecule has 0 bridgehead atoms. The second-order valence-corrected chi connectivity index (χ2v) is 42.5. The van der Waals surface area contributed by atoms with E-state index in [1.807, 2.05) is 0 Å². The molecule has 0 saturated heterocycles. The fraction of sp³-hybridized carbons (Fsp3) is 0.553. The molecule has 124 heavy (non-hydrogen) atoms. The predicted molar refractivity (Wildman–Crippen MR) is 540 cm³/mol. The van der Waals surface area contributed by atoms with Gasteiger partial charge in [-0.1, -0.05) is 428 Å². The molecule has 18 rings (SSSR count). The van der Waals surface area contributed by atoms with Crippen molar-refractivity contribution in [1.29, 1.82) is 0 Å². The zero-order chi connectivity index (χ0) is 86.8. The van der Waals surface area contributed by atoms with Gasteiger partial charge in [0.2, 0.25) is 0 Å². The summed E-state index contributed by atoms with van der Waals surface area (Å²) in [6.07, 6.45) is 54.3. The van der Waals surface area contributed by atoms with Crippen LogP contribution in [0.5, 0.6) is 0 Å². The summed E-state index contributed by atoms with van der Waals surface area (Å²) >= 11 is 0. The molecule has 9 saturated carbocycles. The van der Waals surface area contributed by atoms with Crippen LogP contribution in [0.15, 0.2) is 218 Å². The van der Waals surface area contributed by atoms with Crippen LogP contribution in [-0.4, -0.2) is 0 Å². The summed E-state index contributed by atoms with van der Waals surface area (Å²) in [7, 11) is 0. The molecule has 9 aliphatic rings. The number of hydrogen-bond acceptors (Lipinski definition) is 0. The predicted octanol–water partition coefficient (Wildman–Crippen LogP) is 37.6. The van der Waals surface area contributed by atoms with Crippen LogP contribution in [-0.2, 0) is 32.7 Å². The van der Waals surface area contributed by atoms with Gasteiger partial charge in [-0.2, -0.15) is 12.8 Å². The fourth-order valence-corrected chi connectivity index (χ4v) is 22.1. The molecule has 9 fully saturated rings. The van der Waals surface area contributed by atoms with Gasteiger partial charge < -0.3 is 6.42 Å². The Morgan fingerprint density at radius 1 is 0.153 bits per heavy atom. The molecule has 9 aromatic carbocycles. The van der Waals surface area contributed by atoms with Crippen molar-refractivity contribution < 1.29 is 32.7 Å². The molecule has 9 aromatic rings. The zero-order valence-electron chi connectivity index (χ0n) is 81.2. The maximum absolute atomic E-state index is 2.44. The third-order valence-corrected chi connectivity index (χ3v) is 31.7. The number of benzene rings is 9. The van der Waals surface area contributed by atoms with Crippen LogP contribution in [0.25, 0.3) is 33.4 Å². The Morgan fingerprint density at radius 2 is 0.274 bits per heavy atom. The van der Waals surface area contributed by atoms with E-state index in [4.69, 9.17) is 0 Å². The van der Waals surface area contributed by atoms with E-state index in [2.05, 4.69) is 329 Å². The molecule has 0 atom stereocenters. The maximum Gasteiger partial charge on any atom is 0 e. The Balaban J connectivity index is 0.000000151. The topological polar surface area (TPSA) is 0 Å². The van der Waals surface area contributed by atoms with Gasteiger partial charge in [0.1, 0.15) is 0 Å². The standard InChI is InChI=1S/C25H31.C20H30.C20H24.C14H26.C14H20.C14H14.C8H16.C8H10.Y/c1-19-7-9-21(10-8-19)23-15-17-25(18-16-23)24-13-11-22(12-14-24)20-5-3-2-4-6-20;2*1-15-3-7-17(8-4-15)19-11-13-20(14-12-19)18-9-5-16(2)6-10-18;3*1-11-3-7-13(8-4-11)14-9-5-12(2)6-10-14;2*1-7-3-5-8(2)6-4-7;/h2,11-21H,3-10H2,1H3;3-4,7-8,16,18-20H,5-6,9-14H2,1-2H3;3-4,7-8,11-14,16,18H,5-6,9-10H2,1-2H3;11-14H,3-10H2,1-2H3;3-4,7-8,12,14H,5-6,9-10H2,1-2H3;3-10H,1-2H3;7-8H,3-6H2,1-2H3;3-6H,1-2H3;/q-1;;;;;;;;. The summed E-state index contributed by atoms with van der Waals surface area (Å²) in [5, 5.41) is 0.